The van der Waals surface area contributed by atoms with E-state index in [1.54, 1.807) is 13.3 Å². The van der Waals surface area contributed by atoms with Crippen LogP contribution in [0.25, 0.3) is 6.08 Å². The van der Waals surface area contributed by atoms with E-state index >= 15 is 0 Å². The third-order valence-electron chi connectivity index (χ3n) is 3.76. The maximum Gasteiger partial charge on any atom is 0.0949 e. The Morgan fingerprint density at radius 3 is 2.74 bits per heavy atom. The van der Waals surface area contributed by atoms with Crippen molar-refractivity contribution < 1.29 is 9.84 Å². The van der Waals surface area contributed by atoms with E-state index in [4.69, 9.17) is 4.74 Å². The molecule has 0 bridgehead atoms. The summed E-state index contributed by atoms with van der Waals surface area (Å²) >= 11 is 0. The van der Waals surface area contributed by atoms with E-state index in [1.807, 2.05) is 29.2 Å². The van der Waals surface area contributed by atoms with Gasteiger partial charge in [0.25, 0.3) is 0 Å². The topological polar surface area (TPSA) is 47.3 Å². The second-order valence-electron chi connectivity index (χ2n) is 5.75. The molecule has 124 valence electrons. The molecule has 0 saturated heterocycles. The fourth-order valence-corrected chi connectivity index (χ4v) is 2.42. The summed E-state index contributed by atoms with van der Waals surface area (Å²) in [6.07, 6.45) is 13.0. The van der Waals surface area contributed by atoms with Gasteiger partial charge >= 0.3 is 0 Å². The van der Waals surface area contributed by atoms with Gasteiger partial charge in [0.05, 0.1) is 12.4 Å². The molecule has 4 nitrogen and oxygen atoms in total. The number of hydrogen-bond acceptors (Lipinski definition) is 3. The molecule has 1 heterocycles. The van der Waals surface area contributed by atoms with Crippen LogP contribution < -0.4 is 0 Å². The van der Waals surface area contributed by atoms with E-state index in [1.165, 1.54) is 5.56 Å². The quantitative estimate of drug-likeness (QED) is 0.683. The van der Waals surface area contributed by atoms with Crippen LogP contribution in [0.3, 0.4) is 0 Å². The van der Waals surface area contributed by atoms with Crippen LogP contribution in [0.2, 0.25) is 0 Å². The summed E-state index contributed by atoms with van der Waals surface area (Å²) in [5.74, 6) is 0. The number of methoxy groups -OCH3 is 1. The summed E-state index contributed by atoms with van der Waals surface area (Å²) in [5, 5.41) is 9.96. The van der Waals surface area contributed by atoms with Crippen LogP contribution in [0.15, 0.2) is 49.1 Å². The number of unbranched alkanes of at least 4 members (excludes halogenated alkanes) is 2. The average Bonchev–Trinajstić information content (AvgIpc) is 3.07. The number of benzene rings is 1. The molecule has 0 amide bonds. The molecule has 1 atom stereocenters. The first-order valence-corrected chi connectivity index (χ1v) is 8.18. The summed E-state index contributed by atoms with van der Waals surface area (Å²) in [4.78, 5) is 4.04. The summed E-state index contributed by atoms with van der Waals surface area (Å²) < 4.78 is 7.06. The molecule has 2 rings (SSSR count). The van der Waals surface area contributed by atoms with Crippen LogP contribution in [0, 0.1) is 0 Å². The van der Waals surface area contributed by atoms with Crippen molar-refractivity contribution in [3.63, 3.8) is 0 Å². The van der Waals surface area contributed by atoms with Crippen molar-refractivity contribution in [3.05, 3.63) is 60.2 Å². The first kappa shape index (κ1) is 17.4. The normalized spacial score (nSPS) is 12.8. The van der Waals surface area contributed by atoms with Crippen molar-refractivity contribution in [1.82, 2.24) is 9.55 Å². The molecule has 1 aromatic carbocycles. The zero-order chi connectivity index (χ0) is 16.3. The third kappa shape index (κ3) is 6.80. The molecule has 0 aliphatic carbocycles. The van der Waals surface area contributed by atoms with Crippen molar-refractivity contribution in [2.45, 2.75) is 38.3 Å². The van der Waals surface area contributed by atoms with Crippen molar-refractivity contribution in [2.75, 3.05) is 13.7 Å². The second kappa shape index (κ2) is 9.98. The average molecular weight is 314 g/mol. The van der Waals surface area contributed by atoms with Gasteiger partial charge in [0.15, 0.2) is 0 Å². The fourth-order valence-electron chi connectivity index (χ4n) is 2.42. The minimum absolute atomic E-state index is 0.372. The van der Waals surface area contributed by atoms with E-state index in [2.05, 4.69) is 29.2 Å². The number of rotatable bonds is 10. The van der Waals surface area contributed by atoms with Gasteiger partial charge in [-0.3, -0.25) is 0 Å². The fraction of sp³-hybridized carbons (Fsp3) is 0.421. The molecule has 0 spiro atoms. The molecule has 0 aliphatic rings. The van der Waals surface area contributed by atoms with Crippen LogP contribution in [0.1, 0.15) is 36.8 Å². The predicted octanol–water partition coefficient (Wildman–Crippen LogP) is 3.51. The highest BCUT2D eigenvalue weighted by Crippen LogP contribution is 2.10. The summed E-state index contributed by atoms with van der Waals surface area (Å²) in [6, 6.07) is 8.37. The molecule has 0 aliphatic heterocycles. The molecule has 1 N–H and O–H groups in total. The van der Waals surface area contributed by atoms with Crippen molar-refractivity contribution in [1.29, 1.82) is 0 Å². The number of hydrogen-bond donors (Lipinski definition) is 1. The number of aromatic nitrogens is 2. The predicted molar refractivity (Wildman–Crippen MR) is 93.2 cm³/mol. The Kier molecular flexibility index (Phi) is 7.57. The van der Waals surface area contributed by atoms with Crippen molar-refractivity contribution >= 4 is 6.08 Å². The Labute approximate surface area is 138 Å². The number of aliphatic hydroxyl groups is 1. The number of ether oxygens (including phenoxy) is 1. The highest BCUT2D eigenvalue weighted by molar-refractivity contribution is 5.50. The SMILES string of the molecule is COCCCCCC(O)/C=C/c1ccc(Cn2ccnc2)cc1. The minimum atomic E-state index is -0.372. The number of nitrogens with zero attached hydrogens (tertiary/aromatic N) is 2. The Bertz CT molecular complexity index is 562. The van der Waals surface area contributed by atoms with Crippen molar-refractivity contribution in [2.24, 2.45) is 0 Å². The van der Waals surface area contributed by atoms with Gasteiger partial charge in [-0.2, -0.15) is 0 Å². The van der Waals surface area contributed by atoms with Gasteiger partial charge in [-0.15, -0.1) is 0 Å². The maximum atomic E-state index is 9.96. The zero-order valence-electron chi connectivity index (χ0n) is 13.8. The van der Waals surface area contributed by atoms with Crippen LogP contribution in [-0.4, -0.2) is 34.5 Å². The molecule has 0 radical (unpaired) electrons. The monoisotopic (exact) mass is 314 g/mol. The van der Waals surface area contributed by atoms with Gasteiger partial charge in [0.1, 0.15) is 0 Å². The molecule has 1 aromatic heterocycles. The van der Waals surface area contributed by atoms with E-state index in [9.17, 15) is 5.11 Å². The lowest BCUT2D eigenvalue weighted by Gasteiger charge is -2.06. The van der Waals surface area contributed by atoms with Gasteiger partial charge in [-0.1, -0.05) is 49.3 Å². The smallest absolute Gasteiger partial charge is 0.0949 e. The van der Waals surface area contributed by atoms with Gasteiger partial charge in [0, 0.05) is 32.7 Å². The Morgan fingerprint density at radius 2 is 2.04 bits per heavy atom. The van der Waals surface area contributed by atoms with Crippen molar-refractivity contribution in [3.8, 4) is 0 Å². The minimum Gasteiger partial charge on any atom is -0.389 e. The van der Waals surface area contributed by atoms with Gasteiger partial charge in [-0.25, -0.2) is 4.98 Å². The Morgan fingerprint density at radius 1 is 1.22 bits per heavy atom. The molecule has 23 heavy (non-hydrogen) atoms. The molecule has 4 heteroatoms. The third-order valence-corrected chi connectivity index (χ3v) is 3.76. The van der Waals surface area contributed by atoms with E-state index in [0.29, 0.717) is 0 Å². The van der Waals surface area contributed by atoms with Crippen LogP contribution in [0.4, 0.5) is 0 Å². The highest BCUT2D eigenvalue weighted by Gasteiger charge is 1.99. The largest absolute Gasteiger partial charge is 0.389 e. The Hall–Kier alpha value is -1.91. The summed E-state index contributed by atoms with van der Waals surface area (Å²) in [5.41, 5.74) is 2.34. The number of aliphatic hydroxyl groups excluding tert-OH is 1. The highest BCUT2D eigenvalue weighted by atomic mass is 16.5. The molecular formula is C19H26N2O2. The first-order valence-electron chi connectivity index (χ1n) is 8.18. The van der Waals surface area contributed by atoms with Crippen LogP contribution in [-0.2, 0) is 11.3 Å². The lowest BCUT2D eigenvalue weighted by Crippen LogP contribution is -2.01. The lowest BCUT2D eigenvalue weighted by molar-refractivity contribution is 0.184. The Balaban J connectivity index is 1.73. The van der Waals surface area contributed by atoms with Gasteiger partial charge < -0.3 is 14.4 Å². The standard InChI is InChI=1S/C19H26N2O2/c1-23-14-4-2-3-5-19(22)11-10-17-6-8-18(9-7-17)15-21-13-12-20-16-21/h6-13,16,19,22H,2-5,14-15H2,1H3/b11-10+. The molecule has 0 fully saturated rings. The summed E-state index contributed by atoms with van der Waals surface area (Å²) in [7, 11) is 1.72. The van der Waals surface area contributed by atoms with Gasteiger partial charge in [0.2, 0.25) is 0 Å². The van der Waals surface area contributed by atoms with Crippen LogP contribution in [0.5, 0.6) is 0 Å². The molecule has 0 saturated carbocycles. The van der Waals surface area contributed by atoms with E-state index in [-0.39, 0.29) is 6.10 Å². The maximum absolute atomic E-state index is 9.96. The molecule has 2 aromatic rings. The second-order valence-corrected chi connectivity index (χ2v) is 5.75. The lowest BCUT2D eigenvalue weighted by atomic mass is 10.1. The zero-order valence-corrected chi connectivity index (χ0v) is 13.8. The number of imidazole rings is 1. The van der Waals surface area contributed by atoms with E-state index < -0.39 is 0 Å². The summed E-state index contributed by atoms with van der Waals surface area (Å²) in [6.45, 7) is 1.63. The first-order chi connectivity index (χ1) is 11.3. The van der Waals surface area contributed by atoms with Gasteiger partial charge in [-0.05, 0) is 24.0 Å². The molecule has 1 unspecified atom stereocenters. The van der Waals surface area contributed by atoms with Crippen LogP contribution >= 0.6 is 0 Å². The van der Waals surface area contributed by atoms with E-state index in [0.717, 1.165) is 44.4 Å². The molecular weight excluding hydrogens is 288 g/mol.